The minimum absolute atomic E-state index is 0.0551. The van der Waals surface area contributed by atoms with Crippen LogP contribution in [0.5, 0.6) is 0 Å². The number of nitrogens with one attached hydrogen (secondary N) is 2. The Hall–Kier alpha value is -1.55. The van der Waals surface area contributed by atoms with Crippen molar-refractivity contribution in [2.75, 3.05) is 6.54 Å². The molecule has 2 amide bonds. The third-order valence-corrected chi connectivity index (χ3v) is 3.79. The highest BCUT2D eigenvalue weighted by Crippen LogP contribution is 2.18. The summed E-state index contributed by atoms with van der Waals surface area (Å²) in [7, 11) is 0. The molecule has 1 aromatic rings. The molecule has 0 aliphatic carbocycles. The van der Waals surface area contributed by atoms with Crippen molar-refractivity contribution in [3.63, 3.8) is 0 Å². The van der Waals surface area contributed by atoms with Crippen molar-refractivity contribution in [1.29, 1.82) is 0 Å². The largest absolute Gasteiger partial charge is 0.393 e. The molecule has 0 aliphatic rings. The standard InChI is InChI=1S/C17H28N2O2/c1-12(10-13(2)20)11-18-17(21)19-15(4)14(3)16-8-6-5-7-9-16/h5-9,12-15,20H,10-11H2,1-4H3,(H2,18,19,21). The second-order valence-corrected chi connectivity index (χ2v) is 6.03. The second-order valence-electron chi connectivity index (χ2n) is 6.03. The average Bonchev–Trinajstić information content (AvgIpc) is 2.44. The smallest absolute Gasteiger partial charge is 0.315 e. The molecule has 4 heteroatoms. The number of carbonyl (C=O) groups excluding carboxylic acids is 1. The Morgan fingerprint density at radius 1 is 1.14 bits per heavy atom. The maximum absolute atomic E-state index is 11.9. The van der Waals surface area contributed by atoms with Crippen LogP contribution in [0.25, 0.3) is 0 Å². The summed E-state index contributed by atoms with van der Waals surface area (Å²) in [5, 5.41) is 15.1. The van der Waals surface area contributed by atoms with Gasteiger partial charge >= 0.3 is 6.03 Å². The minimum atomic E-state index is -0.332. The van der Waals surface area contributed by atoms with Crippen molar-refractivity contribution in [1.82, 2.24) is 10.6 Å². The van der Waals surface area contributed by atoms with Gasteiger partial charge < -0.3 is 15.7 Å². The number of hydrogen-bond acceptors (Lipinski definition) is 2. The van der Waals surface area contributed by atoms with Crippen LogP contribution in [0.1, 0.15) is 45.6 Å². The summed E-state index contributed by atoms with van der Waals surface area (Å²) in [6, 6.07) is 10.1. The van der Waals surface area contributed by atoms with E-state index >= 15 is 0 Å². The lowest BCUT2D eigenvalue weighted by Crippen LogP contribution is -2.44. The third kappa shape index (κ3) is 6.63. The van der Waals surface area contributed by atoms with Crippen molar-refractivity contribution < 1.29 is 9.90 Å². The first kappa shape index (κ1) is 17.5. The maximum Gasteiger partial charge on any atom is 0.315 e. The van der Waals surface area contributed by atoms with Crippen molar-refractivity contribution in [2.24, 2.45) is 5.92 Å². The molecule has 0 radical (unpaired) electrons. The fraction of sp³-hybridized carbons (Fsp3) is 0.588. The van der Waals surface area contributed by atoms with E-state index in [-0.39, 0.29) is 30.0 Å². The number of carbonyl (C=O) groups is 1. The van der Waals surface area contributed by atoms with Crippen LogP contribution in [0.4, 0.5) is 4.79 Å². The van der Waals surface area contributed by atoms with Gasteiger partial charge in [0.05, 0.1) is 6.10 Å². The van der Waals surface area contributed by atoms with E-state index in [1.54, 1.807) is 6.92 Å². The number of aliphatic hydroxyl groups is 1. The van der Waals surface area contributed by atoms with Gasteiger partial charge in [-0.1, -0.05) is 44.2 Å². The highest BCUT2D eigenvalue weighted by atomic mass is 16.3. The Kier molecular flexibility index (Phi) is 7.23. The first-order valence-corrected chi connectivity index (χ1v) is 7.67. The molecule has 0 heterocycles. The van der Waals surface area contributed by atoms with Gasteiger partial charge in [0.25, 0.3) is 0 Å². The molecule has 4 atom stereocenters. The van der Waals surface area contributed by atoms with E-state index in [9.17, 15) is 9.90 Å². The minimum Gasteiger partial charge on any atom is -0.393 e. The molecule has 3 N–H and O–H groups in total. The first-order valence-electron chi connectivity index (χ1n) is 7.67. The number of rotatable bonds is 7. The zero-order chi connectivity index (χ0) is 15.8. The van der Waals surface area contributed by atoms with E-state index in [1.807, 2.05) is 32.0 Å². The zero-order valence-corrected chi connectivity index (χ0v) is 13.5. The Bertz CT molecular complexity index is 420. The van der Waals surface area contributed by atoms with E-state index in [1.165, 1.54) is 5.56 Å². The Morgan fingerprint density at radius 2 is 1.76 bits per heavy atom. The predicted octanol–water partition coefficient (Wildman–Crippen LogP) is 2.88. The Balaban J connectivity index is 2.37. The number of hydrogen-bond donors (Lipinski definition) is 3. The van der Waals surface area contributed by atoms with Crippen molar-refractivity contribution in [2.45, 2.75) is 52.2 Å². The Labute approximate surface area is 128 Å². The van der Waals surface area contributed by atoms with E-state index in [4.69, 9.17) is 0 Å². The molecular weight excluding hydrogens is 264 g/mol. The molecular formula is C17H28N2O2. The van der Waals surface area contributed by atoms with Gasteiger partial charge in [0, 0.05) is 18.5 Å². The van der Waals surface area contributed by atoms with Crippen LogP contribution >= 0.6 is 0 Å². The first-order chi connectivity index (χ1) is 9.90. The molecule has 0 bridgehead atoms. The van der Waals surface area contributed by atoms with Gasteiger partial charge in [0.2, 0.25) is 0 Å². The molecule has 0 aromatic heterocycles. The predicted molar refractivity (Wildman–Crippen MR) is 86.3 cm³/mol. The molecule has 0 fully saturated rings. The second kappa shape index (κ2) is 8.67. The molecule has 4 unspecified atom stereocenters. The topological polar surface area (TPSA) is 61.4 Å². The van der Waals surface area contributed by atoms with E-state index in [2.05, 4.69) is 29.7 Å². The third-order valence-electron chi connectivity index (χ3n) is 3.79. The number of amides is 2. The highest BCUT2D eigenvalue weighted by Gasteiger charge is 2.16. The fourth-order valence-corrected chi connectivity index (χ4v) is 2.36. The van der Waals surface area contributed by atoms with Gasteiger partial charge in [-0.05, 0) is 31.7 Å². The van der Waals surface area contributed by atoms with E-state index in [0.717, 1.165) is 0 Å². The van der Waals surface area contributed by atoms with E-state index < -0.39 is 0 Å². The van der Waals surface area contributed by atoms with Crippen LogP contribution < -0.4 is 10.6 Å². The van der Waals surface area contributed by atoms with Crippen LogP contribution in [0.3, 0.4) is 0 Å². The summed E-state index contributed by atoms with van der Waals surface area (Å²) < 4.78 is 0. The van der Waals surface area contributed by atoms with Crippen molar-refractivity contribution >= 4 is 6.03 Å². The van der Waals surface area contributed by atoms with Crippen molar-refractivity contribution in [3.05, 3.63) is 35.9 Å². The molecule has 4 nitrogen and oxygen atoms in total. The highest BCUT2D eigenvalue weighted by molar-refractivity contribution is 5.74. The van der Waals surface area contributed by atoms with Crippen molar-refractivity contribution in [3.8, 4) is 0 Å². The summed E-state index contributed by atoms with van der Waals surface area (Å²) in [6.07, 6.45) is 0.359. The molecule has 0 aliphatic heterocycles. The van der Waals surface area contributed by atoms with Crippen LogP contribution in [0.2, 0.25) is 0 Å². The number of urea groups is 1. The molecule has 21 heavy (non-hydrogen) atoms. The quantitative estimate of drug-likeness (QED) is 0.723. The Morgan fingerprint density at radius 3 is 2.33 bits per heavy atom. The summed E-state index contributed by atoms with van der Waals surface area (Å²) in [5.41, 5.74) is 1.22. The van der Waals surface area contributed by atoms with Crippen LogP contribution in [0, 0.1) is 5.92 Å². The lowest BCUT2D eigenvalue weighted by molar-refractivity contribution is 0.163. The number of aliphatic hydroxyl groups excluding tert-OH is 1. The van der Waals surface area contributed by atoms with Gasteiger partial charge in [-0.2, -0.15) is 0 Å². The molecule has 1 rings (SSSR count). The molecule has 0 saturated carbocycles. The van der Waals surface area contributed by atoms with Gasteiger partial charge in [-0.3, -0.25) is 0 Å². The zero-order valence-electron chi connectivity index (χ0n) is 13.5. The summed E-state index contributed by atoms with van der Waals surface area (Å²) >= 11 is 0. The normalized spacial score (nSPS) is 16.6. The van der Waals surface area contributed by atoms with Gasteiger partial charge in [0.1, 0.15) is 0 Å². The van der Waals surface area contributed by atoms with E-state index in [0.29, 0.717) is 13.0 Å². The molecule has 1 aromatic carbocycles. The van der Waals surface area contributed by atoms with Crippen LogP contribution in [-0.4, -0.2) is 29.8 Å². The maximum atomic E-state index is 11.9. The van der Waals surface area contributed by atoms with Crippen LogP contribution in [0.15, 0.2) is 30.3 Å². The molecule has 0 saturated heterocycles. The summed E-state index contributed by atoms with van der Waals surface area (Å²) in [6.45, 7) is 8.47. The summed E-state index contributed by atoms with van der Waals surface area (Å²) in [5.74, 6) is 0.518. The SMILES string of the molecule is CC(O)CC(C)CNC(=O)NC(C)C(C)c1ccccc1. The van der Waals surface area contributed by atoms with Gasteiger partial charge in [-0.15, -0.1) is 0 Å². The monoisotopic (exact) mass is 292 g/mol. The van der Waals surface area contributed by atoms with Gasteiger partial charge in [-0.25, -0.2) is 4.79 Å². The average molecular weight is 292 g/mol. The molecule has 0 spiro atoms. The fourth-order valence-electron chi connectivity index (χ4n) is 2.36. The summed E-state index contributed by atoms with van der Waals surface area (Å²) in [4.78, 5) is 11.9. The molecule has 118 valence electrons. The lowest BCUT2D eigenvalue weighted by atomic mass is 9.94. The number of benzene rings is 1. The van der Waals surface area contributed by atoms with Gasteiger partial charge in [0.15, 0.2) is 0 Å². The lowest BCUT2D eigenvalue weighted by Gasteiger charge is -2.22. The van der Waals surface area contributed by atoms with Crippen LogP contribution in [-0.2, 0) is 0 Å².